The third kappa shape index (κ3) is 4.74. The normalized spacial score (nSPS) is 32.8. The first-order chi connectivity index (χ1) is 9.69. The van der Waals surface area contributed by atoms with Crippen molar-refractivity contribution < 1.29 is 9.90 Å². The van der Waals surface area contributed by atoms with E-state index in [9.17, 15) is 4.79 Å². The molecule has 0 radical (unpaired) electrons. The summed E-state index contributed by atoms with van der Waals surface area (Å²) in [6, 6.07) is 1.02. The summed E-state index contributed by atoms with van der Waals surface area (Å²) >= 11 is 0. The number of carboxylic acids is 1. The Morgan fingerprint density at radius 3 is 2.70 bits per heavy atom. The van der Waals surface area contributed by atoms with Crippen molar-refractivity contribution in [3.8, 4) is 0 Å². The minimum atomic E-state index is -0.605. The molecule has 1 aliphatic heterocycles. The second-order valence-electron chi connectivity index (χ2n) is 6.53. The Balaban J connectivity index is 1.76. The average molecular weight is 282 g/mol. The lowest BCUT2D eigenvalue weighted by atomic mass is 9.85. The van der Waals surface area contributed by atoms with E-state index in [1.54, 1.807) is 0 Å². The van der Waals surface area contributed by atoms with Crippen molar-refractivity contribution in [2.75, 3.05) is 19.6 Å². The molecule has 0 aromatic heterocycles. The number of hydrogen-bond acceptors (Lipinski definition) is 3. The molecule has 1 saturated carbocycles. The summed E-state index contributed by atoms with van der Waals surface area (Å²) in [5.41, 5.74) is 0. The van der Waals surface area contributed by atoms with Gasteiger partial charge in [-0.05, 0) is 64.6 Å². The first kappa shape index (κ1) is 15.8. The van der Waals surface area contributed by atoms with Gasteiger partial charge in [0.25, 0.3) is 0 Å². The highest BCUT2D eigenvalue weighted by Crippen LogP contribution is 2.25. The summed E-state index contributed by atoms with van der Waals surface area (Å²) in [5, 5.41) is 12.9. The Labute approximate surface area is 122 Å². The lowest BCUT2D eigenvalue weighted by molar-refractivity contribution is -0.143. The molecule has 2 aliphatic rings. The van der Waals surface area contributed by atoms with Crippen LogP contribution >= 0.6 is 0 Å². The molecule has 0 bridgehead atoms. The monoisotopic (exact) mass is 282 g/mol. The molecule has 1 heterocycles. The van der Waals surface area contributed by atoms with Crippen LogP contribution in [0.2, 0.25) is 0 Å². The Hall–Kier alpha value is -0.610. The summed E-state index contributed by atoms with van der Waals surface area (Å²) in [5.74, 6) is -0.727. The second-order valence-corrected chi connectivity index (χ2v) is 6.53. The molecule has 116 valence electrons. The highest BCUT2D eigenvalue weighted by atomic mass is 16.4. The van der Waals surface area contributed by atoms with Crippen LogP contribution in [0.1, 0.15) is 58.3 Å². The molecule has 3 unspecified atom stereocenters. The number of nitrogens with one attached hydrogen (secondary N) is 1. The predicted octanol–water partition coefficient (Wildman–Crippen LogP) is 2.48. The molecule has 2 rings (SSSR count). The maximum atomic E-state index is 11.1. The van der Waals surface area contributed by atoms with Crippen LogP contribution in [0.3, 0.4) is 0 Å². The van der Waals surface area contributed by atoms with Crippen molar-refractivity contribution in [2.24, 2.45) is 5.92 Å². The van der Waals surface area contributed by atoms with Crippen molar-refractivity contribution in [1.82, 2.24) is 10.2 Å². The zero-order valence-corrected chi connectivity index (χ0v) is 12.8. The first-order valence-corrected chi connectivity index (χ1v) is 8.40. The SMILES string of the molecule is CCCN1CCCC(NC2CCCC(C(=O)O)C2)CC1. The predicted molar refractivity (Wildman–Crippen MR) is 80.9 cm³/mol. The number of rotatable bonds is 5. The molecule has 0 spiro atoms. The van der Waals surface area contributed by atoms with Crippen LogP contribution in [-0.2, 0) is 4.79 Å². The summed E-state index contributed by atoms with van der Waals surface area (Å²) < 4.78 is 0. The van der Waals surface area contributed by atoms with E-state index in [4.69, 9.17) is 5.11 Å². The topological polar surface area (TPSA) is 52.6 Å². The van der Waals surface area contributed by atoms with Gasteiger partial charge in [-0.1, -0.05) is 13.3 Å². The number of nitrogens with zero attached hydrogens (tertiary/aromatic N) is 1. The van der Waals surface area contributed by atoms with Gasteiger partial charge in [-0.25, -0.2) is 0 Å². The van der Waals surface area contributed by atoms with Crippen molar-refractivity contribution in [3.05, 3.63) is 0 Å². The van der Waals surface area contributed by atoms with Gasteiger partial charge in [0.15, 0.2) is 0 Å². The Morgan fingerprint density at radius 1 is 1.15 bits per heavy atom. The van der Waals surface area contributed by atoms with Gasteiger partial charge in [0.1, 0.15) is 0 Å². The van der Waals surface area contributed by atoms with Gasteiger partial charge in [0.2, 0.25) is 0 Å². The molecule has 20 heavy (non-hydrogen) atoms. The second kappa shape index (κ2) is 7.99. The van der Waals surface area contributed by atoms with E-state index < -0.39 is 5.97 Å². The van der Waals surface area contributed by atoms with Gasteiger partial charge in [-0.15, -0.1) is 0 Å². The summed E-state index contributed by atoms with van der Waals surface area (Å²) in [6.45, 7) is 5.89. The maximum absolute atomic E-state index is 11.1. The highest BCUT2D eigenvalue weighted by molar-refractivity contribution is 5.70. The van der Waals surface area contributed by atoms with Crippen molar-refractivity contribution in [3.63, 3.8) is 0 Å². The van der Waals surface area contributed by atoms with Crippen LogP contribution in [0.25, 0.3) is 0 Å². The molecular formula is C16H30N2O2. The smallest absolute Gasteiger partial charge is 0.306 e. The number of carboxylic acid groups (broad SMARTS) is 1. The molecular weight excluding hydrogens is 252 g/mol. The summed E-state index contributed by atoms with van der Waals surface area (Å²) in [6.07, 6.45) is 8.87. The summed E-state index contributed by atoms with van der Waals surface area (Å²) in [4.78, 5) is 13.7. The van der Waals surface area contributed by atoms with E-state index in [1.807, 2.05) is 0 Å². The number of carbonyl (C=O) groups is 1. The van der Waals surface area contributed by atoms with E-state index in [0.29, 0.717) is 12.1 Å². The molecule has 0 amide bonds. The van der Waals surface area contributed by atoms with Crippen LogP contribution in [0.15, 0.2) is 0 Å². The van der Waals surface area contributed by atoms with Crippen LogP contribution < -0.4 is 5.32 Å². The first-order valence-electron chi connectivity index (χ1n) is 8.40. The van der Waals surface area contributed by atoms with Crippen molar-refractivity contribution >= 4 is 5.97 Å². The third-order valence-electron chi connectivity index (χ3n) is 4.86. The minimum absolute atomic E-state index is 0.122. The number of aliphatic carboxylic acids is 1. The van der Waals surface area contributed by atoms with Crippen LogP contribution in [0, 0.1) is 5.92 Å². The van der Waals surface area contributed by atoms with Gasteiger partial charge in [-0.3, -0.25) is 4.79 Å². The van der Waals surface area contributed by atoms with Gasteiger partial charge in [-0.2, -0.15) is 0 Å². The molecule has 1 saturated heterocycles. The maximum Gasteiger partial charge on any atom is 0.306 e. The zero-order chi connectivity index (χ0) is 14.4. The standard InChI is InChI=1S/C16H30N2O2/c1-2-9-18-10-4-7-14(8-11-18)17-15-6-3-5-13(12-15)16(19)20/h13-15,17H,2-12H2,1H3,(H,19,20). The molecule has 2 fully saturated rings. The van der Waals surface area contributed by atoms with Crippen molar-refractivity contribution in [2.45, 2.75) is 70.4 Å². The average Bonchev–Trinajstić information content (AvgIpc) is 2.65. The zero-order valence-electron chi connectivity index (χ0n) is 12.8. The lowest BCUT2D eigenvalue weighted by Crippen LogP contribution is -2.42. The van der Waals surface area contributed by atoms with Crippen LogP contribution in [0.5, 0.6) is 0 Å². The fraction of sp³-hybridized carbons (Fsp3) is 0.938. The van der Waals surface area contributed by atoms with Gasteiger partial charge < -0.3 is 15.3 Å². The van der Waals surface area contributed by atoms with E-state index >= 15 is 0 Å². The van der Waals surface area contributed by atoms with E-state index in [-0.39, 0.29) is 5.92 Å². The van der Waals surface area contributed by atoms with Crippen LogP contribution in [-0.4, -0.2) is 47.7 Å². The highest BCUT2D eigenvalue weighted by Gasteiger charge is 2.28. The van der Waals surface area contributed by atoms with E-state index in [0.717, 1.165) is 25.7 Å². The van der Waals surface area contributed by atoms with E-state index in [1.165, 1.54) is 45.3 Å². The number of likely N-dealkylation sites (tertiary alicyclic amines) is 1. The van der Waals surface area contributed by atoms with Crippen molar-refractivity contribution in [1.29, 1.82) is 0 Å². The van der Waals surface area contributed by atoms with E-state index in [2.05, 4.69) is 17.1 Å². The fourth-order valence-electron chi connectivity index (χ4n) is 3.76. The molecule has 3 atom stereocenters. The fourth-order valence-corrected chi connectivity index (χ4v) is 3.76. The number of hydrogen-bond donors (Lipinski definition) is 2. The largest absolute Gasteiger partial charge is 0.481 e. The Kier molecular flexibility index (Phi) is 6.30. The molecule has 0 aromatic rings. The molecule has 4 nitrogen and oxygen atoms in total. The molecule has 4 heteroatoms. The Morgan fingerprint density at radius 2 is 1.95 bits per heavy atom. The van der Waals surface area contributed by atoms with Gasteiger partial charge in [0, 0.05) is 12.1 Å². The summed E-state index contributed by atoms with van der Waals surface area (Å²) in [7, 11) is 0. The quantitative estimate of drug-likeness (QED) is 0.813. The third-order valence-corrected chi connectivity index (χ3v) is 4.86. The van der Waals surface area contributed by atoms with Crippen LogP contribution in [0.4, 0.5) is 0 Å². The van der Waals surface area contributed by atoms with Gasteiger partial charge >= 0.3 is 5.97 Å². The lowest BCUT2D eigenvalue weighted by Gasteiger charge is -2.31. The Bertz CT molecular complexity index is 309. The molecule has 2 N–H and O–H groups in total. The molecule has 1 aliphatic carbocycles. The van der Waals surface area contributed by atoms with Gasteiger partial charge in [0.05, 0.1) is 5.92 Å². The molecule has 0 aromatic carbocycles. The minimum Gasteiger partial charge on any atom is -0.481 e.